The van der Waals surface area contributed by atoms with E-state index >= 15 is 0 Å². The molecular weight excluding hydrogens is 578 g/mol. The van der Waals surface area contributed by atoms with Crippen molar-refractivity contribution in [2.24, 2.45) is 46.3 Å². The topological polar surface area (TPSA) is 153 Å². The first-order valence-electron chi connectivity index (χ1n) is 14.2. The molecule has 0 amide bonds. The SMILES string of the molecule is CC(C)CCC[C@@H](COS(=O)(=O)[O-])[C@H]1CCC2C3CC=C4C[C@H](O)[C@H](OS(=O)(=O)[O-])C[C@]4(C)C3CC[C@@]21C.[Na+].[Na+]. The van der Waals surface area contributed by atoms with Crippen LogP contribution < -0.4 is 59.1 Å². The molecule has 0 aromatic heterocycles. The number of hydrogen-bond donors (Lipinski definition) is 1. The minimum absolute atomic E-state index is 0. The first-order valence-corrected chi connectivity index (χ1v) is 16.8. The smallest absolute Gasteiger partial charge is 0.726 e. The van der Waals surface area contributed by atoms with Crippen molar-refractivity contribution in [1.82, 2.24) is 0 Å². The van der Waals surface area contributed by atoms with Crippen LogP contribution in [0.2, 0.25) is 0 Å². The molecule has 40 heavy (non-hydrogen) atoms. The van der Waals surface area contributed by atoms with Crippen molar-refractivity contribution in [2.75, 3.05) is 6.61 Å². The first kappa shape index (κ1) is 37.6. The Morgan fingerprint density at radius 3 is 2.30 bits per heavy atom. The zero-order valence-corrected chi connectivity index (χ0v) is 30.6. The molecule has 9 atom stereocenters. The van der Waals surface area contributed by atoms with Gasteiger partial charge in [0.05, 0.1) is 12.7 Å². The molecule has 0 bridgehead atoms. The molecule has 13 heteroatoms. The summed E-state index contributed by atoms with van der Waals surface area (Å²) in [7, 11) is -9.68. The van der Waals surface area contributed by atoms with Crippen LogP contribution in [0.3, 0.4) is 0 Å². The maximum Gasteiger partial charge on any atom is 1.00 e. The van der Waals surface area contributed by atoms with Crippen LogP contribution in [-0.4, -0.2) is 49.9 Å². The molecule has 0 heterocycles. The van der Waals surface area contributed by atoms with E-state index in [1.807, 2.05) is 0 Å². The summed E-state index contributed by atoms with van der Waals surface area (Å²) in [5, 5.41) is 10.5. The molecule has 4 aliphatic carbocycles. The second kappa shape index (κ2) is 14.3. The van der Waals surface area contributed by atoms with Gasteiger partial charge in [0, 0.05) is 0 Å². The molecule has 0 saturated heterocycles. The molecular formula is C27H44Na2O9S2. The van der Waals surface area contributed by atoms with Crippen LogP contribution in [0.5, 0.6) is 0 Å². The molecule has 0 aliphatic heterocycles. The summed E-state index contributed by atoms with van der Waals surface area (Å²) in [6.07, 6.45) is 8.34. The molecule has 1 N–H and O–H groups in total. The summed E-state index contributed by atoms with van der Waals surface area (Å²) in [4.78, 5) is 0. The molecule has 3 unspecified atom stereocenters. The van der Waals surface area contributed by atoms with Crippen LogP contribution in [0.25, 0.3) is 0 Å². The van der Waals surface area contributed by atoms with Crippen LogP contribution >= 0.6 is 0 Å². The zero-order valence-electron chi connectivity index (χ0n) is 25.0. The predicted octanol–water partition coefficient (Wildman–Crippen LogP) is -1.69. The van der Waals surface area contributed by atoms with Crippen molar-refractivity contribution in [3.8, 4) is 0 Å². The van der Waals surface area contributed by atoms with E-state index < -0.39 is 33.0 Å². The Hall–Kier alpha value is 1.44. The van der Waals surface area contributed by atoms with Crippen LogP contribution in [0.4, 0.5) is 0 Å². The molecule has 3 fully saturated rings. The Balaban J connectivity index is 0.00000280. The van der Waals surface area contributed by atoms with Gasteiger partial charge in [-0.25, -0.2) is 16.8 Å². The monoisotopic (exact) mass is 622 g/mol. The molecule has 9 nitrogen and oxygen atoms in total. The van der Waals surface area contributed by atoms with Crippen LogP contribution in [0.1, 0.15) is 91.9 Å². The van der Waals surface area contributed by atoms with E-state index in [1.165, 1.54) is 0 Å². The van der Waals surface area contributed by atoms with E-state index in [2.05, 4.69) is 33.8 Å². The van der Waals surface area contributed by atoms with E-state index in [0.29, 0.717) is 30.6 Å². The van der Waals surface area contributed by atoms with Gasteiger partial charge in [-0.2, -0.15) is 0 Å². The normalized spacial score (nSPS) is 38.2. The Labute approximate surface area is 285 Å². The van der Waals surface area contributed by atoms with Crippen molar-refractivity contribution in [2.45, 2.75) is 104 Å². The van der Waals surface area contributed by atoms with Gasteiger partial charge < -0.3 is 14.2 Å². The zero-order chi connectivity index (χ0) is 28.1. The molecule has 220 valence electrons. The van der Waals surface area contributed by atoms with Gasteiger partial charge in [0.15, 0.2) is 0 Å². The fraction of sp³-hybridized carbons (Fsp3) is 0.926. The number of fused-ring (bicyclic) bond motifs is 5. The molecule has 0 radical (unpaired) electrons. The maximum atomic E-state index is 11.3. The fourth-order valence-corrected chi connectivity index (χ4v) is 9.93. The summed E-state index contributed by atoms with van der Waals surface area (Å²) < 4.78 is 77.6. The second-order valence-electron chi connectivity index (χ2n) is 13.3. The van der Waals surface area contributed by atoms with Gasteiger partial charge in [-0.15, -0.1) is 0 Å². The third-order valence-electron chi connectivity index (χ3n) is 10.8. The summed E-state index contributed by atoms with van der Waals surface area (Å²) in [6, 6.07) is 0. The van der Waals surface area contributed by atoms with Gasteiger partial charge in [0.25, 0.3) is 0 Å². The van der Waals surface area contributed by atoms with Crippen molar-refractivity contribution in [1.29, 1.82) is 0 Å². The van der Waals surface area contributed by atoms with Crippen molar-refractivity contribution >= 4 is 20.8 Å². The van der Waals surface area contributed by atoms with Gasteiger partial charge in [0.1, 0.15) is 6.10 Å². The minimum atomic E-state index is -4.93. The molecule has 4 rings (SSSR count). The van der Waals surface area contributed by atoms with E-state index in [-0.39, 0.29) is 94.3 Å². The van der Waals surface area contributed by atoms with E-state index in [9.17, 15) is 31.0 Å². The molecule has 4 aliphatic rings. The minimum Gasteiger partial charge on any atom is -0.726 e. The Morgan fingerprint density at radius 1 is 1.02 bits per heavy atom. The third kappa shape index (κ3) is 8.37. The number of aliphatic hydroxyl groups excluding tert-OH is 1. The molecule has 0 aromatic rings. The second-order valence-corrected chi connectivity index (χ2v) is 15.3. The molecule has 3 saturated carbocycles. The number of allylic oxidation sites excluding steroid dienone is 1. The van der Waals surface area contributed by atoms with Gasteiger partial charge in [-0.1, -0.05) is 52.2 Å². The van der Waals surface area contributed by atoms with Gasteiger partial charge in [-0.3, -0.25) is 8.37 Å². The number of rotatable bonds is 10. The predicted molar refractivity (Wildman–Crippen MR) is 139 cm³/mol. The quantitative estimate of drug-likeness (QED) is 0.130. The van der Waals surface area contributed by atoms with Crippen LogP contribution in [0.15, 0.2) is 11.6 Å². The summed E-state index contributed by atoms with van der Waals surface area (Å²) in [5.74, 6) is 1.86. The summed E-state index contributed by atoms with van der Waals surface area (Å²) >= 11 is 0. The van der Waals surface area contributed by atoms with Gasteiger partial charge in [-0.05, 0) is 97.7 Å². The molecule has 0 aromatic carbocycles. The van der Waals surface area contributed by atoms with Crippen molar-refractivity contribution in [3.05, 3.63) is 11.6 Å². The van der Waals surface area contributed by atoms with Crippen molar-refractivity contribution < 1.29 is 98.5 Å². The fourth-order valence-electron chi connectivity index (χ4n) is 9.09. The van der Waals surface area contributed by atoms with Crippen LogP contribution in [-0.2, 0) is 29.2 Å². The van der Waals surface area contributed by atoms with Gasteiger partial charge in [0.2, 0.25) is 20.8 Å². The first-order chi connectivity index (χ1) is 17.5. The Kier molecular flexibility index (Phi) is 13.4. The summed E-state index contributed by atoms with van der Waals surface area (Å²) in [6.45, 7) is 8.73. The van der Waals surface area contributed by atoms with E-state index in [4.69, 9.17) is 8.37 Å². The van der Waals surface area contributed by atoms with Crippen molar-refractivity contribution in [3.63, 3.8) is 0 Å². The number of aliphatic hydroxyl groups is 1. The maximum absolute atomic E-state index is 11.3. The standard InChI is InChI=1S/C27H46O9S2.2Na/c1-17(2)6-5-7-18(16-35-37(29,30)31)21-10-11-22-20-9-8-19-14-24(28)25(36-38(32,33)34)15-27(19,4)23(20)12-13-26(21,22)3;;/h8,17-18,20-25,28H,5-7,9-16H2,1-4H3,(H,29,30,31)(H,32,33,34);;/q;2*+1/p-2/t18-,20?,21+,22?,23?,24-,25+,26+,27-;;/m0../s1. The third-order valence-corrected chi connectivity index (χ3v) is 11.7. The molecule has 0 spiro atoms. The van der Waals surface area contributed by atoms with Gasteiger partial charge >= 0.3 is 59.1 Å². The van der Waals surface area contributed by atoms with Crippen LogP contribution in [0, 0.1) is 46.3 Å². The average Bonchev–Trinajstić information content (AvgIpc) is 3.12. The number of hydrogen-bond acceptors (Lipinski definition) is 9. The van der Waals surface area contributed by atoms with E-state index in [0.717, 1.165) is 56.9 Å². The largest absolute Gasteiger partial charge is 1.00 e. The Bertz CT molecular complexity index is 1110. The summed E-state index contributed by atoms with van der Waals surface area (Å²) in [5.41, 5.74) is 0.769. The average molecular weight is 623 g/mol. The van der Waals surface area contributed by atoms with E-state index in [1.54, 1.807) is 0 Å². The Morgan fingerprint density at radius 2 is 1.70 bits per heavy atom.